The van der Waals surface area contributed by atoms with Gasteiger partial charge in [0.15, 0.2) is 23.8 Å². The number of urea groups is 1. The Balaban J connectivity index is 1.24. The number of benzene rings is 4. The predicted octanol–water partition coefficient (Wildman–Crippen LogP) is -6.51. The lowest BCUT2D eigenvalue weighted by Gasteiger charge is -2.34. The van der Waals surface area contributed by atoms with Crippen molar-refractivity contribution in [1.29, 1.82) is 21.6 Å². The van der Waals surface area contributed by atoms with Crippen LogP contribution in [0.1, 0.15) is 152 Å². The molecule has 0 aromatic heterocycles. The second-order valence-corrected chi connectivity index (χ2v) is 39.5. The molecule has 0 radical (unpaired) electrons. The molecule has 5 aliphatic rings. The average Bonchev–Trinajstić information content (AvgIpc) is 1.67. The van der Waals surface area contributed by atoms with E-state index in [0.717, 1.165) is 31.9 Å². The number of carbonyl (C=O) groups excluding carboxylic acids is 18. The number of fused-ring (bicyclic) bond motifs is 9. The number of phenols is 2. The first kappa shape index (κ1) is 117. The van der Waals surface area contributed by atoms with Gasteiger partial charge in [-0.3, -0.25) is 103 Å². The van der Waals surface area contributed by atoms with Crippen molar-refractivity contribution in [3.8, 4) is 11.5 Å². The summed E-state index contributed by atoms with van der Waals surface area (Å²) in [6, 6.07) is -2.53. The van der Waals surface area contributed by atoms with Crippen LogP contribution in [0.2, 0.25) is 0 Å². The van der Waals surface area contributed by atoms with Gasteiger partial charge in [0.25, 0.3) is 0 Å². The summed E-state index contributed by atoms with van der Waals surface area (Å²) in [6.45, 7) is -1.34. The number of nitrogens with zero attached hydrogens (tertiary/aromatic N) is 3. The van der Waals surface area contributed by atoms with E-state index in [4.69, 9.17) is 61.8 Å². The van der Waals surface area contributed by atoms with Gasteiger partial charge in [0, 0.05) is 89.5 Å². The standard InChI is InChI=1S/C95H140N32O20S2/c96-36-4-3-15-65-89(145)127-44-12-23-73(127)90(146)126-43-11-22-72(126)88(144)122-67(47-53-27-32-58(129)33-28-53)83(139)116-60(17-6-38-108-92(100)101)77(133)115-62(20-9-41-111-95(106)147)80(136)123-69-50-148-149-51-70(86(142)121-66(46-52-25-30-57(128)31-26-52)82(138)117-64(81(137)119-65)34-35-74(97)130)124-84(140)68(48-54-24-29-55-13-1-2-14-56(55)45-54)120-79(135)61(18-7-39-109-93(102)103)114-78(134)63(19-8-40-110-94(104)105)118-87(143)71-21-10-42-125(71)75(131)49-112-76(132)59(113-85(69)141)16-5-37-107-91(98)99/h1-2,13-14,24-33,45,59-73,128-129H,3-12,15-23,34-44,46-51,96H2,(H2,97,130)(H,112,132)(H,113,141)(H,114,134)(H,115,133)(H,116,139)(H,117,138)(H,118,143)(H,119,137)(H,120,135)(H,121,142)(H,122,144)(H,123,136)(H,124,140)(H4,98,99,107)(H4,100,101,108)(H4,102,103,109)(H4,104,105,110)(H3,106,111,147). The number of rotatable bonds is 33. The molecule has 0 saturated carbocycles. The number of primary amides is 2. The van der Waals surface area contributed by atoms with Crippen LogP contribution in [-0.4, -0.2) is 323 Å². The highest BCUT2D eigenvalue weighted by Crippen LogP contribution is 2.30. The molecule has 54 heteroatoms. The Kier molecular flexibility index (Phi) is 46.9. The van der Waals surface area contributed by atoms with E-state index in [9.17, 15) is 34.2 Å². The molecule has 15 atom stereocenters. The predicted molar refractivity (Wildman–Crippen MR) is 551 cm³/mol. The van der Waals surface area contributed by atoms with Gasteiger partial charge in [-0.1, -0.05) is 88.3 Å². The minimum atomic E-state index is -1.95. The SMILES string of the molecule is N=C(N)NCCCC1NC(=O)C2CSSCC(NC(=O)C(Cc3ccc4ccccc4c3)NC(=O)C(CCCNC(=N)N)NC(=O)C(CCCNC(=N)N)NC(=O)C3CCCN3C(=O)CNC1=O)C(=O)NC(Cc1ccc(O)cc1)C(=O)NC(CCC(N)=O)C(=O)NC(CCCCN)C(=O)N1CCCC1C(=O)N1CCCC1C(=O)NC(Cc1ccc(O)cc1)C(=O)NC(CCCNC(=N)N)C(=O)NC(CCCNC(N)=O)C(=O)N2. The Morgan fingerprint density at radius 3 is 1.11 bits per heavy atom. The van der Waals surface area contributed by atoms with Crippen LogP contribution in [0.3, 0.4) is 0 Å². The number of carbonyl (C=O) groups is 18. The molecule has 9 rings (SSSR count). The fourth-order valence-electron chi connectivity index (χ4n) is 17.8. The van der Waals surface area contributed by atoms with Crippen LogP contribution in [0.15, 0.2) is 91.0 Å². The Labute approximate surface area is 867 Å². The smallest absolute Gasteiger partial charge is 0.312 e. The molecule has 812 valence electrons. The summed E-state index contributed by atoms with van der Waals surface area (Å²) < 4.78 is 0. The summed E-state index contributed by atoms with van der Waals surface area (Å²) in [7, 11) is 1.47. The van der Waals surface area contributed by atoms with E-state index >= 15 is 62.3 Å². The van der Waals surface area contributed by atoms with Crippen molar-refractivity contribution < 1.29 is 96.5 Å². The van der Waals surface area contributed by atoms with E-state index in [1.165, 1.54) is 58.3 Å². The van der Waals surface area contributed by atoms with Crippen molar-refractivity contribution in [2.24, 2.45) is 40.1 Å². The van der Waals surface area contributed by atoms with Gasteiger partial charge >= 0.3 is 6.03 Å². The zero-order valence-electron chi connectivity index (χ0n) is 82.7. The summed E-state index contributed by atoms with van der Waals surface area (Å²) >= 11 is 0. The Bertz CT molecular complexity index is 5420. The normalized spacial score (nSPS) is 24.1. The van der Waals surface area contributed by atoms with Crippen LogP contribution in [-0.2, 0) is 101 Å². The minimum absolute atomic E-state index is 0.0182. The van der Waals surface area contributed by atoms with Gasteiger partial charge in [-0.15, -0.1) is 0 Å². The number of nitrogens with two attached hydrogens (primary N) is 7. The molecular weight excluding hydrogens is 1970 g/mol. The van der Waals surface area contributed by atoms with Crippen LogP contribution >= 0.6 is 21.6 Å². The van der Waals surface area contributed by atoms with Crippen molar-refractivity contribution >= 4 is 163 Å². The van der Waals surface area contributed by atoms with Crippen LogP contribution in [0, 0.1) is 21.6 Å². The molecule has 0 spiro atoms. The van der Waals surface area contributed by atoms with E-state index < -0.39 is 271 Å². The summed E-state index contributed by atoms with van der Waals surface area (Å²) in [5, 5.41) is 102. The van der Waals surface area contributed by atoms with Crippen LogP contribution in [0.5, 0.6) is 11.5 Å². The molecule has 5 heterocycles. The molecule has 149 heavy (non-hydrogen) atoms. The van der Waals surface area contributed by atoms with Gasteiger partial charge in [0.05, 0.1) is 6.54 Å². The Hall–Kier alpha value is -15.3. The van der Waals surface area contributed by atoms with Crippen molar-refractivity contribution in [3.05, 3.63) is 108 Å². The first-order valence-corrected chi connectivity index (χ1v) is 52.2. The molecule has 52 nitrogen and oxygen atoms in total. The quantitative estimate of drug-likeness (QED) is 0.00913. The molecule has 4 aromatic rings. The summed E-state index contributed by atoms with van der Waals surface area (Å²) in [4.78, 5) is 276. The molecule has 2 bridgehead atoms. The van der Waals surface area contributed by atoms with E-state index in [0.29, 0.717) is 22.9 Å². The van der Waals surface area contributed by atoms with Crippen LogP contribution in [0.4, 0.5) is 4.79 Å². The highest BCUT2D eigenvalue weighted by Gasteiger charge is 2.47. The summed E-state index contributed by atoms with van der Waals surface area (Å²) in [5.74, 6) is -20.5. The molecule has 5 fully saturated rings. The Morgan fingerprint density at radius 2 is 0.671 bits per heavy atom. The summed E-state index contributed by atoms with van der Waals surface area (Å²) in [5.41, 5.74) is 41.0. The molecule has 19 amide bonds. The van der Waals surface area contributed by atoms with Crippen molar-refractivity contribution in [3.63, 3.8) is 0 Å². The number of amides is 19. The monoisotopic (exact) mass is 2110 g/mol. The molecule has 15 unspecified atom stereocenters. The zero-order valence-corrected chi connectivity index (χ0v) is 84.4. The maximum atomic E-state index is 16.1. The lowest BCUT2D eigenvalue weighted by Crippen LogP contribution is -2.61. The maximum absolute atomic E-state index is 16.1. The molecular formula is C95H140N32O20S2. The lowest BCUT2D eigenvalue weighted by molar-refractivity contribution is -0.148. The third-order valence-corrected chi connectivity index (χ3v) is 28.0. The topological polar surface area (TPSA) is 852 Å². The maximum Gasteiger partial charge on any atom is 0.312 e. The number of unbranched alkanes of at least 4 members (excludes halogenated alkanes) is 1. The fraction of sp³-hybridized carbons (Fsp3) is 0.537. The largest absolute Gasteiger partial charge is 0.508 e. The van der Waals surface area contributed by atoms with Crippen molar-refractivity contribution in [2.45, 2.75) is 245 Å². The van der Waals surface area contributed by atoms with Crippen LogP contribution in [0.25, 0.3) is 10.8 Å². The average molecular weight is 2110 g/mol. The lowest BCUT2D eigenvalue weighted by atomic mass is 10.00. The molecule has 38 N–H and O–H groups in total. The number of aromatic hydroxyl groups is 2. The van der Waals surface area contributed by atoms with Crippen LogP contribution < -0.4 is 136 Å². The zero-order chi connectivity index (χ0) is 108. The molecule has 5 saturated heterocycles. The van der Waals surface area contributed by atoms with Crippen molar-refractivity contribution in [1.82, 2.24) is 110 Å². The van der Waals surface area contributed by atoms with Crippen molar-refractivity contribution in [2.75, 3.05) is 77.0 Å². The van der Waals surface area contributed by atoms with Gasteiger partial charge in [-0.2, -0.15) is 0 Å². The first-order chi connectivity index (χ1) is 71.2. The van der Waals surface area contributed by atoms with E-state index in [2.05, 4.69) is 95.7 Å². The number of hydrogen-bond acceptors (Lipinski definition) is 27. The summed E-state index contributed by atoms with van der Waals surface area (Å²) in [6.07, 6.45) is -2.96. The minimum Gasteiger partial charge on any atom is -0.508 e. The second kappa shape index (κ2) is 59.5. The fourth-order valence-corrected chi connectivity index (χ4v) is 20.1. The van der Waals surface area contributed by atoms with Gasteiger partial charge in [-0.25, -0.2) is 4.79 Å². The molecule has 4 aromatic carbocycles. The Morgan fingerprint density at radius 1 is 0.342 bits per heavy atom. The molecule has 5 aliphatic heterocycles. The van der Waals surface area contributed by atoms with Gasteiger partial charge in [0.2, 0.25) is 100 Å². The van der Waals surface area contributed by atoms with Gasteiger partial charge in [0.1, 0.15) is 102 Å². The number of phenolic OH excluding ortho intramolecular Hbond substituents is 2. The molecule has 0 aliphatic carbocycles. The third-order valence-electron chi connectivity index (χ3n) is 25.6. The highest BCUT2D eigenvalue weighted by molar-refractivity contribution is 8.76. The van der Waals surface area contributed by atoms with E-state index in [1.807, 2.05) is 6.07 Å². The van der Waals surface area contributed by atoms with E-state index in [-0.39, 0.29) is 192 Å². The number of nitrogens with one attached hydrogen (secondary N) is 22. The highest BCUT2D eigenvalue weighted by atomic mass is 33.1. The van der Waals surface area contributed by atoms with Gasteiger partial charge in [-0.05, 0) is 187 Å². The van der Waals surface area contributed by atoms with Gasteiger partial charge < -0.3 is 161 Å². The first-order valence-electron chi connectivity index (χ1n) is 49.7. The second-order valence-electron chi connectivity index (χ2n) is 36.9. The third kappa shape index (κ3) is 38.2. The number of hydrogen-bond donors (Lipinski definition) is 31. The van der Waals surface area contributed by atoms with E-state index in [1.54, 1.807) is 36.4 Å². The number of guanidine groups is 4.